The van der Waals surface area contributed by atoms with Crippen LogP contribution >= 0.6 is 0 Å². The first kappa shape index (κ1) is 16.9. The smallest absolute Gasteiger partial charge is 0.275 e. The molecule has 0 atom stereocenters. The van der Waals surface area contributed by atoms with E-state index in [-0.39, 0.29) is 5.91 Å². The second-order valence-corrected chi connectivity index (χ2v) is 5.98. The van der Waals surface area contributed by atoms with E-state index in [4.69, 9.17) is 0 Å². The van der Waals surface area contributed by atoms with E-state index in [1.807, 2.05) is 25.1 Å². The van der Waals surface area contributed by atoms with Crippen molar-refractivity contribution >= 4 is 17.4 Å². The van der Waals surface area contributed by atoms with Crippen molar-refractivity contribution in [3.05, 3.63) is 47.4 Å². The second kappa shape index (κ2) is 7.72. The summed E-state index contributed by atoms with van der Waals surface area (Å²) in [4.78, 5) is 20.8. The average Bonchev–Trinajstić information content (AvgIpc) is 2.55. The topological polar surface area (TPSA) is 66.9 Å². The van der Waals surface area contributed by atoms with Gasteiger partial charge in [0.1, 0.15) is 11.5 Å². The van der Waals surface area contributed by atoms with Crippen LogP contribution in [-0.4, -0.2) is 22.4 Å². The molecule has 122 valence electrons. The van der Waals surface area contributed by atoms with Crippen LogP contribution in [0.5, 0.6) is 0 Å². The van der Waals surface area contributed by atoms with Crippen molar-refractivity contribution in [2.75, 3.05) is 17.2 Å². The van der Waals surface area contributed by atoms with Gasteiger partial charge in [-0.25, -0.2) is 9.97 Å². The first-order chi connectivity index (χ1) is 11.0. The lowest BCUT2D eigenvalue weighted by Gasteiger charge is -2.13. The third kappa shape index (κ3) is 4.52. The van der Waals surface area contributed by atoms with E-state index < -0.39 is 0 Å². The van der Waals surface area contributed by atoms with Crippen molar-refractivity contribution < 1.29 is 4.79 Å². The quantitative estimate of drug-likeness (QED) is 0.854. The number of aryl methyl sites for hydroxylation is 2. The fourth-order valence-electron chi connectivity index (χ4n) is 2.22. The molecule has 0 unspecified atom stereocenters. The molecule has 0 aliphatic rings. The Morgan fingerprint density at radius 2 is 2.00 bits per heavy atom. The summed E-state index contributed by atoms with van der Waals surface area (Å²) < 4.78 is 0. The SMILES string of the molecule is CCc1cccc(C)c1NC(=O)c1cnc(NCC(C)C)cn1. The zero-order valence-electron chi connectivity index (χ0n) is 14.2. The number of rotatable bonds is 6. The normalized spacial score (nSPS) is 10.7. The molecule has 0 radical (unpaired) electrons. The van der Waals surface area contributed by atoms with Crippen LogP contribution in [0.3, 0.4) is 0 Å². The highest BCUT2D eigenvalue weighted by Crippen LogP contribution is 2.21. The number of carbonyl (C=O) groups is 1. The van der Waals surface area contributed by atoms with Crippen molar-refractivity contribution in [1.82, 2.24) is 9.97 Å². The fraction of sp³-hybridized carbons (Fsp3) is 0.389. The summed E-state index contributed by atoms with van der Waals surface area (Å²) in [5.74, 6) is 0.964. The number of para-hydroxylation sites is 1. The van der Waals surface area contributed by atoms with Crippen molar-refractivity contribution in [1.29, 1.82) is 0 Å². The zero-order valence-corrected chi connectivity index (χ0v) is 14.2. The van der Waals surface area contributed by atoms with E-state index in [1.54, 1.807) is 6.20 Å². The van der Waals surface area contributed by atoms with Gasteiger partial charge >= 0.3 is 0 Å². The molecule has 2 rings (SSSR count). The Hall–Kier alpha value is -2.43. The van der Waals surface area contributed by atoms with Gasteiger partial charge in [0.25, 0.3) is 5.91 Å². The standard InChI is InChI=1S/C18H24N4O/c1-5-14-8-6-7-13(4)17(14)22-18(23)15-10-21-16(11-19-15)20-9-12(2)3/h6-8,10-12H,5,9H2,1-4H3,(H,20,21)(H,22,23). The molecule has 0 aliphatic carbocycles. The molecule has 1 aromatic heterocycles. The number of aromatic nitrogens is 2. The molecule has 2 aromatic rings. The highest BCUT2D eigenvalue weighted by molar-refractivity contribution is 6.03. The van der Waals surface area contributed by atoms with Gasteiger partial charge in [-0.15, -0.1) is 0 Å². The molecule has 0 aliphatic heterocycles. The maximum absolute atomic E-state index is 12.4. The monoisotopic (exact) mass is 312 g/mol. The summed E-state index contributed by atoms with van der Waals surface area (Å²) in [6.07, 6.45) is 3.96. The maximum atomic E-state index is 12.4. The number of nitrogens with zero attached hydrogens (tertiary/aromatic N) is 2. The van der Waals surface area contributed by atoms with Crippen molar-refractivity contribution in [2.45, 2.75) is 34.1 Å². The van der Waals surface area contributed by atoms with Crippen LogP contribution in [0.2, 0.25) is 0 Å². The van der Waals surface area contributed by atoms with Crippen molar-refractivity contribution in [3.63, 3.8) is 0 Å². The first-order valence-electron chi connectivity index (χ1n) is 7.97. The molecule has 0 bridgehead atoms. The second-order valence-electron chi connectivity index (χ2n) is 5.98. The third-order valence-electron chi connectivity index (χ3n) is 3.55. The van der Waals surface area contributed by atoms with E-state index in [9.17, 15) is 4.79 Å². The van der Waals surface area contributed by atoms with Gasteiger partial charge in [-0.2, -0.15) is 0 Å². The summed E-state index contributed by atoms with van der Waals surface area (Å²) in [7, 11) is 0. The first-order valence-corrected chi connectivity index (χ1v) is 7.97. The van der Waals surface area contributed by atoms with Crippen molar-refractivity contribution in [2.24, 2.45) is 5.92 Å². The Morgan fingerprint density at radius 3 is 2.61 bits per heavy atom. The number of anilines is 2. The minimum absolute atomic E-state index is 0.239. The molecule has 5 nitrogen and oxygen atoms in total. The van der Waals surface area contributed by atoms with Crippen LogP contribution in [-0.2, 0) is 6.42 Å². The van der Waals surface area contributed by atoms with Gasteiger partial charge in [0.2, 0.25) is 0 Å². The van der Waals surface area contributed by atoms with Crippen LogP contribution < -0.4 is 10.6 Å². The zero-order chi connectivity index (χ0) is 16.8. The summed E-state index contributed by atoms with van der Waals surface area (Å²) in [5, 5.41) is 6.14. The molecule has 0 fully saturated rings. The molecule has 1 heterocycles. The van der Waals surface area contributed by atoms with Gasteiger partial charge in [-0.1, -0.05) is 39.0 Å². The van der Waals surface area contributed by atoms with Crippen molar-refractivity contribution in [3.8, 4) is 0 Å². The number of carbonyl (C=O) groups excluding carboxylic acids is 1. The van der Waals surface area contributed by atoms with Gasteiger partial charge in [-0.05, 0) is 30.4 Å². The van der Waals surface area contributed by atoms with E-state index in [0.717, 1.165) is 29.8 Å². The van der Waals surface area contributed by atoms with E-state index >= 15 is 0 Å². The highest BCUT2D eigenvalue weighted by atomic mass is 16.1. The Bertz CT molecular complexity index is 665. The highest BCUT2D eigenvalue weighted by Gasteiger charge is 2.12. The predicted octanol–water partition coefficient (Wildman–Crippen LogP) is 3.67. The molecule has 1 aromatic carbocycles. The molecule has 0 saturated heterocycles. The molecule has 0 spiro atoms. The number of hydrogen-bond donors (Lipinski definition) is 2. The Morgan fingerprint density at radius 1 is 1.22 bits per heavy atom. The van der Waals surface area contributed by atoms with Crippen LogP contribution in [0.1, 0.15) is 42.4 Å². The predicted molar refractivity (Wildman–Crippen MR) is 93.9 cm³/mol. The third-order valence-corrected chi connectivity index (χ3v) is 3.55. The minimum Gasteiger partial charge on any atom is -0.369 e. The van der Waals surface area contributed by atoms with Gasteiger partial charge < -0.3 is 10.6 Å². The molecule has 2 N–H and O–H groups in total. The summed E-state index contributed by atoms with van der Waals surface area (Å²) in [6, 6.07) is 6.01. The van der Waals surface area contributed by atoms with E-state index in [1.165, 1.54) is 6.20 Å². The summed E-state index contributed by atoms with van der Waals surface area (Å²) >= 11 is 0. The molecule has 5 heteroatoms. The van der Waals surface area contributed by atoms with Crippen LogP contribution in [0, 0.1) is 12.8 Å². The lowest BCUT2D eigenvalue weighted by Crippen LogP contribution is -2.17. The van der Waals surface area contributed by atoms with Gasteiger partial charge in [0, 0.05) is 12.2 Å². The average molecular weight is 312 g/mol. The lowest BCUT2D eigenvalue weighted by atomic mass is 10.1. The fourth-order valence-corrected chi connectivity index (χ4v) is 2.22. The number of benzene rings is 1. The Labute approximate surface area is 137 Å². The molecule has 23 heavy (non-hydrogen) atoms. The van der Waals surface area contributed by atoms with E-state index in [2.05, 4.69) is 41.4 Å². The van der Waals surface area contributed by atoms with Crippen LogP contribution in [0.15, 0.2) is 30.6 Å². The minimum atomic E-state index is -0.239. The summed E-state index contributed by atoms with van der Waals surface area (Å²) in [6.45, 7) is 9.12. The maximum Gasteiger partial charge on any atom is 0.275 e. The van der Waals surface area contributed by atoms with Crippen LogP contribution in [0.25, 0.3) is 0 Å². The lowest BCUT2D eigenvalue weighted by molar-refractivity contribution is 0.102. The molecular formula is C18H24N4O. The van der Waals surface area contributed by atoms with Gasteiger partial charge in [0.15, 0.2) is 0 Å². The Balaban J connectivity index is 2.09. The number of hydrogen-bond acceptors (Lipinski definition) is 4. The molecule has 0 saturated carbocycles. The van der Waals surface area contributed by atoms with Gasteiger partial charge in [0.05, 0.1) is 12.4 Å². The number of amides is 1. The molecule has 1 amide bonds. The van der Waals surface area contributed by atoms with Crippen LogP contribution in [0.4, 0.5) is 11.5 Å². The molecular weight excluding hydrogens is 288 g/mol. The largest absolute Gasteiger partial charge is 0.369 e. The Kier molecular flexibility index (Phi) is 5.68. The van der Waals surface area contributed by atoms with E-state index in [0.29, 0.717) is 17.4 Å². The number of nitrogens with one attached hydrogen (secondary N) is 2. The summed E-state index contributed by atoms with van der Waals surface area (Å²) in [5.41, 5.74) is 3.33. The van der Waals surface area contributed by atoms with Gasteiger partial charge in [-0.3, -0.25) is 4.79 Å².